The summed E-state index contributed by atoms with van der Waals surface area (Å²) in [6.07, 6.45) is 8.60. The SMILES string of the molecule is O=C(Nc1nccs1)c1cn2cc(-c3cnc[nH]3)ccc2n1. The Morgan fingerprint density at radius 1 is 1.32 bits per heavy atom. The molecular weight excluding hydrogens is 300 g/mol. The molecule has 0 saturated carbocycles. The number of anilines is 1. The van der Waals surface area contributed by atoms with Crippen LogP contribution in [0.15, 0.2) is 48.6 Å². The Bertz CT molecular complexity index is 926. The lowest BCUT2D eigenvalue weighted by Gasteiger charge is -1.98. The lowest BCUT2D eigenvalue weighted by Crippen LogP contribution is -2.11. The maximum Gasteiger partial charge on any atom is 0.277 e. The Balaban J connectivity index is 1.67. The minimum absolute atomic E-state index is 0.276. The molecule has 0 aliphatic rings. The highest BCUT2D eigenvalue weighted by molar-refractivity contribution is 7.13. The molecule has 0 unspecified atom stereocenters. The van der Waals surface area contributed by atoms with Gasteiger partial charge in [0.05, 0.1) is 18.2 Å². The van der Waals surface area contributed by atoms with E-state index in [0.29, 0.717) is 16.5 Å². The summed E-state index contributed by atoms with van der Waals surface area (Å²) in [7, 11) is 0. The molecule has 4 rings (SSSR count). The molecule has 22 heavy (non-hydrogen) atoms. The van der Waals surface area contributed by atoms with Gasteiger partial charge in [-0.2, -0.15) is 0 Å². The first kappa shape index (κ1) is 12.7. The van der Waals surface area contributed by atoms with Gasteiger partial charge in [-0.3, -0.25) is 10.1 Å². The summed E-state index contributed by atoms with van der Waals surface area (Å²) in [4.78, 5) is 27.6. The third-order valence-corrected chi connectivity index (χ3v) is 3.83. The second kappa shape index (κ2) is 5.08. The van der Waals surface area contributed by atoms with E-state index in [4.69, 9.17) is 0 Å². The van der Waals surface area contributed by atoms with Gasteiger partial charge in [-0.25, -0.2) is 15.0 Å². The molecule has 0 fully saturated rings. The summed E-state index contributed by atoms with van der Waals surface area (Å²) in [5.41, 5.74) is 2.92. The number of aromatic nitrogens is 5. The summed E-state index contributed by atoms with van der Waals surface area (Å²) < 4.78 is 1.81. The number of fused-ring (bicyclic) bond motifs is 1. The van der Waals surface area contributed by atoms with Crippen molar-refractivity contribution in [2.75, 3.05) is 5.32 Å². The van der Waals surface area contributed by atoms with Crippen LogP contribution < -0.4 is 5.32 Å². The number of rotatable bonds is 3. The zero-order valence-corrected chi connectivity index (χ0v) is 12.0. The Hall–Kier alpha value is -3.00. The number of thiazole rings is 1. The standard InChI is InChI=1S/C14H10N6OS/c21-13(19-14-16-3-4-22-14)11-7-20-6-9(1-2-12(20)18-11)10-5-15-8-17-10/h1-8H,(H,15,17)(H,16,19,21). The average molecular weight is 310 g/mol. The van der Waals surface area contributed by atoms with E-state index in [1.165, 1.54) is 11.3 Å². The first-order valence-corrected chi connectivity index (χ1v) is 7.36. The van der Waals surface area contributed by atoms with Crippen LogP contribution in [0, 0.1) is 0 Å². The van der Waals surface area contributed by atoms with Crippen molar-refractivity contribution in [3.8, 4) is 11.3 Å². The largest absolute Gasteiger partial charge is 0.345 e. The van der Waals surface area contributed by atoms with Gasteiger partial charge in [-0.1, -0.05) is 0 Å². The molecule has 8 heteroatoms. The monoisotopic (exact) mass is 310 g/mol. The average Bonchev–Trinajstić information content (AvgIpc) is 3.27. The second-order valence-electron chi connectivity index (χ2n) is 4.57. The first-order valence-electron chi connectivity index (χ1n) is 6.48. The van der Waals surface area contributed by atoms with Crippen molar-refractivity contribution in [2.45, 2.75) is 0 Å². The van der Waals surface area contributed by atoms with Crippen LogP contribution in [0.4, 0.5) is 5.13 Å². The minimum Gasteiger partial charge on any atom is -0.345 e. The smallest absolute Gasteiger partial charge is 0.277 e. The van der Waals surface area contributed by atoms with Crippen LogP contribution in [0.25, 0.3) is 16.9 Å². The van der Waals surface area contributed by atoms with E-state index in [1.807, 2.05) is 22.7 Å². The maximum atomic E-state index is 12.2. The number of carbonyl (C=O) groups excluding carboxylic acids is 1. The quantitative estimate of drug-likeness (QED) is 0.608. The van der Waals surface area contributed by atoms with E-state index in [-0.39, 0.29) is 5.91 Å². The van der Waals surface area contributed by atoms with Crippen molar-refractivity contribution >= 4 is 28.0 Å². The molecule has 0 aliphatic heterocycles. The molecule has 0 atom stereocenters. The summed E-state index contributed by atoms with van der Waals surface area (Å²) in [6, 6.07) is 3.79. The summed E-state index contributed by atoms with van der Waals surface area (Å²) in [5.74, 6) is -0.276. The zero-order valence-electron chi connectivity index (χ0n) is 11.2. The Labute approximate surface area is 128 Å². The van der Waals surface area contributed by atoms with Crippen LogP contribution in [0.5, 0.6) is 0 Å². The third-order valence-electron chi connectivity index (χ3n) is 3.15. The number of nitrogens with zero attached hydrogens (tertiary/aromatic N) is 4. The van der Waals surface area contributed by atoms with Crippen LogP contribution >= 0.6 is 11.3 Å². The van der Waals surface area contributed by atoms with Crippen molar-refractivity contribution in [3.63, 3.8) is 0 Å². The van der Waals surface area contributed by atoms with E-state index >= 15 is 0 Å². The maximum absolute atomic E-state index is 12.2. The molecule has 2 N–H and O–H groups in total. The molecular formula is C14H10N6OS. The summed E-state index contributed by atoms with van der Waals surface area (Å²) >= 11 is 1.36. The topological polar surface area (TPSA) is 88.0 Å². The summed E-state index contributed by atoms with van der Waals surface area (Å²) in [5, 5.41) is 5.08. The highest BCUT2D eigenvalue weighted by Crippen LogP contribution is 2.18. The normalized spacial score (nSPS) is 10.9. The third kappa shape index (κ3) is 2.25. The van der Waals surface area contributed by atoms with Gasteiger partial charge in [-0.05, 0) is 12.1 Å². The fourth-order valence-electron chi connectivity index (χ4n) is 2.12. The van der Waals surface area contributed by atoms with Crippen LogP contribution in [-0.4, -0.2) is 30.2 Å². The lowest BCUT2D eigenvalue weighted by atomic mass is 10.2. The van der Waals surface area contributed by atoms with Gasteiger partial charge in [0.25, 0.3) is 5.91 Å². The zero-order chi connectivity index (χ0) is 14.9. The molecule has 0 aromatic carbocycles. The molecule has 0 saturated heterocycles. The Morgan fingerprint density at radius 2 is 2.27 bits per heavy atom. The van der Waals surface area contributed by atoms with Crippen molar-refractivity contribution in [2.24, 2.45) is 0 Å². The highest BCUT2D eigenvalue weighted by atomic mass is 32.1. The van der Waals surface area contributed by atoms with Crippen molar-refractivity contribution in [1.82, 2.24) is 24.3 Å². The van der Waals surface area contributed by atoms with Crippen LogP contribution in [0.1, 0.15) is 10.5 Å². The Morgan fingerprint density at radius 3 is 3.05 bits per heavy atom. The van der Waals surface area contributed by atoms with Gasteiger partial charge < -0.3 is 9.38 Å². The molecule has 1 amide bonds. The number of aromatic amines is 1. The fourth-order valence-corrected chi connectivity index (χ4v) is 2.64. The van der Waals surface area contributed by atoms with Crippen molar-refractivity contribution in [1.29, 1.82) is 0 Å². The van der Waals surface area contributed by atoms with Crippen LogP contribution in [0.3, 0.4) is 0 Å². The molecule has 0 spiro atoms. The number of nitrogens with one attached hydrogen (secondary N) is 2. The number of pyridine rings is 1. The number of hydrogen-bond donors (Lipinski definition) is 2. The van der Waals surface area contributed by atoms with Gasteiger partial charge in [0.1, 0.15) is 11.3 Å². The predicted octanol–water partition coefficient (Wildman–Crippen LogP) is 2.43. The molecule has 7 nitrogen and oxygen atoms in total. The highest BCUT2D eigenvalue weighted by Gasteiger charge is 2.12. The number of amides is 1. The number of hydrogen-bond acceptors (Lipinski definition) is 5. The molecule has 0 radical (unpaired) electrons. The molecule has 4 aromatic rings. The summed E-state index contributed by atoms with van der Waals surface area (Å²) in [6.45, 7) is 0. The molecule has 108 valence electrons. The van der Waals surface area contributed by atoms with Crippen LogP contribution in [0.2, 0.25) is 0 Å². The van der Waals surface area contributed by atoms with Crippen molar-refractivity contribution < 1.29 is 4.79 Å². The van der Waals surface area contributed by atoms with Gasteiger partial charge in [0, 0.05) is 29.5 Å². The molecule has 4 heterocycles. The number of H-pyrrole nitrogens is 1. The first-order chi connectivity index (χ1) is 10.8. The molecule has 4 aromatic heterocycles. The minimum atomic E-state index is -0.276. The molecule has 0 bridgehead atoms. The van der Waals surface area contributed by atoms with Crippen molar-refractivity contribution in [3.05, 3.63) is 54.3 Å². The van der Waals surface area contributed by atoms with E-state index in [0.717, 1.165) is 11.3 Å². The van der Waals surface area contributed by atoms with Gasteiger partial charge in [-0.15, -0.1) is 11.3 Å². The number of imidazole rings is 2. The van der Waals surface area contributed by atoms with E-state index < -0.39 is 0 Å². The Kier molecular flexibility index (Phi) is 2.94. The van der Waals surface area contributed by atoms with Gasteiger partial charge >= 0.3 is 0 Å². The predicted molar refractivity (Wildman–Crippen MR) is 82.8 cm³/mol. The molecule has 0 aliphatic carbocycles. The lowest BCUT2D eigenvalue weighted by molar-refractivity contribution is 0.102. The van der Waals surface area contributed by atoms with Crippen LogP contribution in [-0.2, 0) is 0 Å². The van der Waals surface area contributed by atoms with Gasteiger partial charge in [0.15, 0.2) is 5.13 Å². The van der Waals surface area contributed by atoms with E-state index in [9.17, 15) is 4.79 Å². The second-order valence-corrected chi connectivity index (χ2v) is 5.46. The van der Waals surface area contributed by atoms with Gasteiger partial charge in [0.2, 0.25) is 0 Å². The van der Waals surface area contributed by atoms with E-state index in [2.05, 4.69) is 25.3 Å². The van der Waals surface area contributed by atoms with E-state index in [1.54, 1.807) is 30.3 Å². The number of carbonyl (C=O) groups is 1. The fraction of sp³-hybridized carbons (Fsp3) is 0.